The first-order valence-electron chi connectivity index (χ1n) is 5.50. The highest BCUT2D eigenvalue weighted by Gasteiger charge is 2.24. The third-order valence-corrected chi connectivity index (χ3v) is 3.83. The quantitative estimate of drug-likeness (QED) is 0.303. The molecule has 1 heterocycles. The molecular formula is C10H15FN4O3S. The van der Waals surface area contributed by atoms with Gasteiger partial charge in [0.05, 0.1) is 0 Å². The predicted octanol–water partition coefficient (Wildman–Crippen LogP) is 0.414. The third-order valence-electron chi connectivity index (χ3n) is 2.38. The van der Waals surface area contributed by atoms with Crippen LogP contribution in [0.4, 0.5) is 4.39 Å². The van der Waals surface area contributed by atoms with E-state index in [0.717, 1.165) is 6.07 Å². The van der Waals surface area contributed by atoms with E-state index in [1.165, 1.54) is 12.3 Å². The Bertz CT molecular complexity index is 562. The van der Waals surface area contributed by atoms with Crippen LogP contribution < -0.4 is 10.5 Å². The second kappa shape index (κ2) is 6.43. The predicted molar refractivity (Wildman–Crippen MR) is 66.6 cm³/mol. The number of hydrogen-bond acceptors (Lipinski definition) is 5. The van der Waals surface area contributed by atoms with Gasteiger partial charge < -0.3 is 10.9 Å². The molecule has 1 aromatic heterocycles. The van der Waals surface area contributed by atoms with Crippen LogP contribution in [0.15, 0.2) is 28.5 Å². The Morgan fingerprint density at radius 2 is 2.37 bits per heavy atom. The number of nitrogens with two attached hydrogens (primary N) is 1. The molecule has 0 fully saturated rings. The molecule has 0 aliphatic rings. The largest absolute Gasteiger partial charge is 0.409 e. The van der Waals surface area contributed by atoms with Crippen LogP contribution in [0.25, 0.3) is 0 Å². The van der Waals surface area contributed by atoms with E-state index in [1.807, 2.05) is 0 Å². The van der Waals surface area contributed by atoms with E-state index >= 15 is 0 Å². The summed E-state index contributed by atoms with van der Waals surface area (Å²) in [6.07, 6.45) is 1.59. The first-order chi connectivity index (χ1) is 8.90. The summed E-state index contributed by atoms with van der Waals surface area (Å²) >= 11 is 0. The number of hydrogen-bond donors (Lipinski definition) is 3. The molecule has 1 aromatic rings. The number of amidine groups is 1. The topological polar surface area (TPSA) is 118 Å². The average Bonchev–Trinajstić information content (AvgIpc) is 2.37. The van der Waals surface area contributed by atoms with Crippen molar-refractivity contribution in [2.75, 3.05) is 0 Å². The third kappa shape index (κ3) is 4.14. The van der Waals surface area contributed by atoms with Gasteiger partial charge in [0.2, 0.25) is 5.03 Å². The molecule has 0 saturated carbocycles. The van der Waals surface area contributed by atoms with E-state index in [1.54, 1.807) is 6.92 Å². The molecule has 9 heteroatoms. The minimum Gasteiger partial charge on any atom is -0.409 e. The van der Waals surface area contributed by atoms with Crippen LogP contribution >= 0.6 is 0 Å². The molecule has 7 nitrogen and oxygen atoms in total. The highest BCUT2D eigenvalue weighted by molar-refractivity contribution is 7.89. The molecule has 4 N–H and O–H groups in total. The molecule has 0 saturated heterocycles. The number of nitrogens with one attached hydrogen (secondary N) is 1. The molecule has 0 aromatic carbocycles. The van der Waals surface area contributed by atoms with Gasteiger partial charge in [-0.1, -0.05) is 12.1 Å². The summed E-state index contributed by atoms with van der Waals surface area (Å²) in [6.45, 7) is 1.71. The molecular weight excluding hydrogens is 275 g/mol. The van der Waals surface area contributed by atoms with Crippen molar-refractivity contribution in [2.45, 2.75) is 30.8 Å². The van der Waals surface area contributed by atoms with Crippen LogP contribution in [-0.2, 0) is 10.0 Å². The van der Waals surface area contributed by atoms with Crippen LogP contribution in [0.1, 0.15) is 19.8 Å². The zero-order valence-corrected chi connectivity index (χ0v) is 11.1. The van der Waals surface area contributed by atoms with Crippen LogP contribution in [0.5, 0.6) is 0 Å². The lowest BCUT2D eigenvalue weighted by molar-refractivity contribution is 0.316. The SMILES string of the molecule is CCC(C/C(N)=N/O)NS(=O)(=O)c1ncccc1F. The fourth-order valence-corrected chi connectivity index (χ4v) is 2.73. The summed E-state index contributed by atoms with van der Waals surface area (Å²) in [5, 5.41) is 10.5. The number of sulfonamides is 1. The molecule has 0 radical (unpaired) electrons. The number of oxime groups is 1. The highest BCUT2D eigenvalue weighted by Crippen LogP contribution is 2.12. The van der Waals surface area contributed by atoms with Crippen molar-refractivity contribution in [2.24, 2.45) is 10.9 Å². The van der Waals surface area contributed by atoms with Crippen molar-refractivity contribution in [3.05, 3.63) is 24.1 Å². The summed E-state index contributed by atoms with van der Waals surface area (Å²) in [5.41, 5.74) is 5.31. The molecule has 0 aliphatic carbocycles. The minimum atomic E-state index is -4.08. The van der Waals surface area contributed by atoms with Crippen molar-refractivity contribution in [1.82, 2.24) is 9.71 Å². The lowest BCUT2D eigenvalue weighted by Crippen LogP contribution is -2.38. The van der Waals surface area contributed by atoms with Gasteiger partial charge in [-0.2, -0.15) is 0 Å². The van der Waals surface area contributed by atoms with E-state index < -0.39 is 26.9 Å². The smallest absolute Gasteiger partial charge is 0.261 e. The molecule has 1 unspecified atom stereocenters. The monoisotopic (exact) mass is 290 g/mol. The van der Waals surface area contributed by atoms with Gasteiger partial charge in [0.25, 0.3) is 10.0 Å². The minimum absolute atomic E-state index is 0.0146. The summed E-state index contributed by atoms with van der Waals surface area (Å²) in [4.78, 5) is 3.50. The van der Waals surface area contributed by atoms with Crippen molar-refractivity contribution in [1.29, 1.82) is 0 Å². The standard InChI is InChI=1S/C10H15FN4O3S/c1-2-7(6-9(12)14-16)15-19(17,18)10-8(11)4-3-5-13-10/h3-5,7,15-16H,2,6H2,1H3,(H2,12,14). The van der Waals surface area contributed by atoms with Gasteiger partial charge in [0.1, 0.15) is 5.84 Å². The van der Waals surface area contributed by atoms with Crippen LogP contribution in [0, 0.1) is 5.82 Å². The maximum Gasteiger partial charge on any atom is 0.261 e. The van der Waals surface area contributed by atoms with E-state index in [4.69, 9.17) is 10.9 Å². The molecule has 0 spiro atoms. The molecule has 106 valence electrons. The summed E-state index contributed by atoms with van der Waals surface area (Å²) < 4.78 is 39.5. The van der Waals surface area contributed by atoms with Crippen LogP contribution in [0.2, 0.25) is 0 Å². The first kappa shape index (κ1) is 15.3. The van der Waals surface area contributed by atoms with E-state index in [9.17, 15) is 12.8 Å². The number of nitrogens with zero attached hydrogens (tertiary/aromatic N) is 2. The van der Waals surface area contributed by atoms with Gasteiger partial charge in [-0.05, 0) is 18.6 Å². The molecule has 0 amide bonds. The van der Waals surface area contributed by atoms with Crippen molar-refractivity contribution in [3.63, 3.8) is 0 Å². The summed E-state index contributed by atoms with van der Waals surface area (Å²) in [7, 11) is -4.08. The number of halogens is 1. The highest BCUT2D eigenvalue weighted by atomic mass is 32.2. The molecule has 19 heavy (non-hydrogen) atoms. The van der Waals surface area contributed by atoms with Gasteiger partial charge in [-0.3, -0.25) is 0 Å². The van der Waals surface area contributed by atoms with E-state index in [0.29, 0.717) is 6.42 Å². The lowest BCUT2D eigenvalue weighted by atomic mass is 10.1. The van der Waals surface area contributed by atoms with Gasteiger partial charge in [0.15, 0.2) is 5.82 Å². The second-order valence-electron chi connectivity index (χ2n) is 3.81. The van der Waals surface area contributed by atoms with Gasteiger partial charge in [-0.15, -0.1) is 0 Å². The molecule has 1 atom stereocenters. The Labute approximate surface area is 110 Å². The van der Waals surface area contributed by atoms with Crippen LogP contribution in [-0.4, -0.2) is 30.5 Å². The lowest BCUT2D eigenvalue weighted by Gasteiger charge is -2.15. The van der Waals surface area contributed by atoms with Gasteiger partial charge >= 0.3 is 0 Å². The van der Waals surface area contributed by atoms with Gasteiger partial charge in [-0.25, -0.2) is 22.5 Å². The fourth-order valence-electron chi connectivity index (χ4n) is 1.41. The first-order valence-corrected chi connectivity index (χ1v) is 6.98. The zero-order valence-electron chi connectivity index (χ0n) is 10.2. The van der Waals surface area contributed by atoms with E-state index in [2.05, 4.69) is 14.9 Å². The molecule has 0 aliphatic heterocycles. The fraction of sp³-hybridized carbons (Fsp3) is 0.400. The Balaban J connectivity index is 2.93. The summed E-state index contributed by atoms with van der Waals surface area (Å²) in [6, 6.07) is 1.69. The number of aromatic nitrogens is 1. The maximum absolute atomic E-state index is 13.4. The number of pyridine rings is 1. The molecule has 1 rings (SSSR count). The zero-order chi connectivity index (χ0) is 14.5. The molecule has 0 bridgehead atoms. The van der Waals surface area contributed by atoms with Crippen molar-refractivity contribution < 1.29 is 18.0 Å². The second-order valence-corrected chi connectivity index (χ2v) is 5.44. The van der Waals surface area contributed by atoms with Gasteiger partial charge in [0, 0.05) is 18.7 Å². The average molecular weight is 290 g/mol. The Hall–Kier alpha value is -1.74. The maximum atomic E-state index is 13.4. The Morgan fingerprint density at radius 3 is 2.89 bits per heavy atom. The Morgan fingerprint density at radius 1 is 1.68 bits per heavy atom. The Kier molecular flexibility index (Phi) is 5.19. The normalized spacial score (nSPS) is 14.3. The van der Waals surface area contributed by atoms with Crippen LogP contribution in [0.3, 0.4) is 0 Å². The summed E-state index contributed by atoms with van der Waals surface area (Å²) in [5.74, 6) is -1.05. The van der Waals surface area contributed by atoms with Crippen molar-refractivity contribution in [3.8, 4) is 0 Å². The van der Waals surface area contributed by atoms with E-state index in [-0.39, 0.29) is 12.3 Å². The number of rotatable bonds is 6. The van der Waals surface area contributed by atoms with Crippen molar-refractivity contribution >= 4 is 15.9 Å².